The maximum Gasteiger partial charge on any atom is 0.330 e. The van der Waals surface area contributed by atoms with Crippen molar-refractivity contribution in [3.63, 3.8) is 0 Å². The van der Waals surface area contributed by atoms with Gasteiger partial charge in [0.1, 0.15) is 12.2 Å². The second-order valence-electron chi connectivity index (χ2n) is 4.98. The maximum absolute atomic E-state index is 11.8. The average Bonchev–Trinajstić information content (AvgIpc) is 2.43. The van der Waals surface area contributed by atoms with Crippen LogP contribution in [0.2, 0.25) is 0 Å². The third-order valence-electron chi connectivity index (χ3n) is 2.72. The minimum atomic E-state index is -0.638. The standard InChI is InChI=1S/C16H20O4/c1-4-15(18)20-16(2,3)10-11-19-12-14(17)13-8-6-5-7-9-13/h4-9H,1,10-12H2,2-3H3. The fourth-order valence-corrected chi connectivity index (χ4v) is 1.56. The van der Waals surface area contributed by atoms with Gasteiger partial charge in [-0.2, -0.15) is 0 Å². The summed E-state index contributed by atoms with van der Waals surface area (Å²) in [6.45, 7) is 7.29. The van der Waals surface area contributed by atoms with E-state index in [-0.39, 0.29) is 12.4 Å². The molecule has 0 amide bonds. The zero-order chi connectivity index (χ0) is 15.0. The van der Waals surface area contributed by atoms with Crippen LogP contribution >= 0.6 is 0 Å². The third-order valence-corrected chi connectivity index (χ3v) is 2.72. The Hall–Kier alpha value is -1.94. The van der Waals surface area contributed by atoms with E-state index in [0.717, 1.165) is 6.08 Å². The van der Waals surface area contributed by atoms with E-state index < -0.39 is 11.6 Å². The van der Waals surface area contributed by atoms with E-state index in [0.29, 0.717) is 18.6 Å². The quantitative estimate of drug-likeness (QED) is 0.317. The van der Waals surface area contributed by atoms with Gasteiger partial charge in [-0.3, -0.25) is 4.79 Å². The van der Waals surface area contributed by atoms with Gasteiger partial charge >= 0.3 is 5.97 Å². The van der Waals surface area contributed by atoms with Gasteiger partial charge in [-0.1, -0.05) is 36.9 Å². The van der Waals surface area contributed by atoms with Crippen LogP contribution in [0.4, 0.5) is 0 Å². The molecule has 0 atom stereocenters. The molecule has 4 heteroatoms. The SMILES string of the molecule is C=CC(=O)OC(C)(C)CCOCC(=O)c1ccccc1. The number of hydrogen-bond donors (Lipinski definition) is 0. The number of rotatable bonds is 8. The van der Waals surface area contributed by atoms with Crippen molar-refractivity contribution in [2.75, 3.05) is 13.2 Å². The zero-order valence-electron chi connectivity index (χ0n) is 11.9. The maximum atomic E-state index is 11.8. The molecule has 0 spiro atoms. The van der Waals surface area contributed by atoms with Crippen LogP contribution < -0.4 is 0 Å². The summed E-state index contributed by atoms with van der Waals surface area (Å²) in [5.41, 5.74) is -0.00834. The molecule has 0 radical (unpaired) electrons. The minimum Gasteiger partial charge on any atom is -0.456 e. The van der Waals surface area contributed by atoms with Gasteiger partial charge in [-0.15, -0.1) is 0 Å². The molecule has 1 rings (SSSR count). The van der Waals surface area contributed by atoms with Gasteiger partial charge in [-0.05, 0) is 13.8 Å². The van der Waals surface area contributed by atoms with Crippen LogP contribution in [0.1, 0.15) is 30.6 Å². The molecule has 0 fully saturated rings. The van der Waals surface area contributed by atoms with Gasteiger partial charge in [0.2, 0.25) is 0 Å². The lowest BCUT2D eigenvalue weighted by Gasteiger charge is -2.24. The number of benzene rings is 1. The summed E-state index contributed by atoms with van der Waals surface area (Å²) in [7, 11) is 0. The summed E-state index contributed by atoms with van der Waals surface area (Å²) in [6.07, 6.45) is 1.64. The van der Waals surface area contributed by atoms with Gasteiger partial charge < -0.3 is 9.47 Å². The van der Waals surface area contributed by atoms with Crippen LogP contribution in [-0.4, -0.2) is 30.6 Å². The molecular formula is C16H20O4. The Bertz CT molecular complexity index is 463. The third kappa shape index (κ3) is 5.80. The molecule has 108 valence electrons. The smallest absolute Gasteiger partial charge is 0.330 e. The molecule has 0 aliphatic carbocycles. The molecule has 0 N–H and O–H groups in total. The van der Waals surface area contributed by atoms with Gasteiger partial charge in [0.15, 0.2) is 5.78 Å². The van der Waals surface area contributed by atoms with E-state index in [1.165, 1.54) is 0 Å². The molecule has 20 heavy (non-hydrogen) atoms. The zero-order valence-corrected chi connectivity index (χ0v) is 11.9. The Balaban J connectivity index is 2.29. The van der Waals surface area contributed by atoms with Gasteiger partial charge in [0.25, 0.3) is 0 Å². The lowest BCUT2D eigenvalue weighted by Crippen LogP contribution is -2.29. The summed E-state index contributed by atoms with van der Waals surface area (Å²) in [6, 6.07) is 8.98. The highest BCUT2D eigenvalue weighted by molar-refractivity contribution is 5.96. The minimum absolute atomic E-state index is 0.0233. The van der Waals surface area contributed by atoms with E-state index in [4.69, 9.17) is 9.47 Å². The molecule has 0 unspecified atom stereocenters. The lowest BCUT2D eigenvalue weighted by molar-refractivity contribution is -0.151. The molecule has 0 aromatic heterocycles. The predicted octanol–water partition coefficient (Wildman–Crippen LogP) is 2.78. The molecule has 0 bridgehead atoms. The Morgan fingerprint density at radius 2 is 1.90 bits per heavy atom. The molecule has 4 nitrogen and oxygen atoms in total. The number of Topliss-reactive ketones (excluding diaryl/α,β-unsaturated/α-hetero) is 1. The number of ether oxygens (including phenoxy) is 2. The van der Waals surface area contributed by atoms with Crippen molar-refractivity contribution in [3.05, 3.63) is 48.6 Å². The van der Waals surface area contributed by atoms with E-state index >= 15 is 0 Å². The van der Waals surface area contributed by atoms with Crippen LogP contribution in [0.25, 0.3) is 0 Å². The Kier molecular flexibility index (Phi) is 6.12. The van der Waals surface area contributed by atoms with E-state index in [2.05, 4.69) is 6.58 Å². The highest BCUT2D eigenvalue weighted by atomic mass is 16.6. The monoisotopic (exact) mass is 276 g/mol. The summed E-state index contributed by atoms with van der Waals surface area (Å²) >= 11 is 0. The lowest BCUT2D eigenvalue weighted by atomic mass is 10.1. The highest BCUT2D eigenvalue weighted by Crippen LogP contribution is 2.15. The second-order valence-corrected chi connectivity index (χ2v) is 4.98. The number of ketones is 1. The van der Waals surface area contributed by atoms with Crippen LogP contribution in [0.15, 0.2) is 43.0 Å². The fourth-order valence-electron chi connectivity index (χ4n) is 1.56. The highest BCUT2D eigenvalue weighted by Gasteiger charge is 2.21. The average molecular weight is 276 g/mol. The van der Waals surface area contributed by atoms with E-state index in [1.54, 1.807) is 26.0 Å². The van der Waals surface area contributed by atoms with Crippen molar-refractivity contribution in [1.29, 1.82) is 0 Å². The Morgan fingerprint density at radius 3 is 2.50 bits per heavy atom. The van der Waals surface area contributed by atoms with Crippen molar-refractivity contribution < 1.29 is 19.1 Å². The Morgan fingerprint density at radius 1 is 1.25 bits per heavy atom. The molecule has 0 heterocycles. The van der Waals surface area contributed by atoms with E-state index in [9.17, 15) is 9.59 Å². The van der Waals surface area contributed by atoms with Gasteiger partial charge in [-0.25, -0.2) is 4.79 Å². The molecule has 0 aliphatic rings. The van der Waals surface area contributed by atoms with Crippen molar-refractivity contribution in [2.45, 2.75) is 25.9 Å². The largest absolute Gasteiger partial charge is 0.456 e. The molecular weight excluding hydrogens is 256 g/mol. The first-order chi connectivity index (χ1) is 9.44. The van der Waals surface area contributed by atoms with Crippen molar-refractivity contribution in [2.24, 2.45) is 0 Å². The van der Waals surface area contributed by atoms with Gasteiger partial charge in [0.05, 0.1) is 6.61 Å². The number of carbonyl (C=O) groups is 2. The first kappa shape index (κ1) is 16.1. The van der Waals surface area contributed by atoms with Crippen molar-refractivity contribution >= 4 is 11.8 Å². The van der Waals surface area contributed by atoms with Crippen molar-refractivity contribution in [3.8, 4) is 0 Å². The molecule has 0 saturated heterocycles. The summed E-state index contributed by atoms with van der Waals surface area (Å²) in [5, 5.41) is 0. The summed E-state index contributed by atoms with van der Waals surface area (Å²) in [5.74, 6) is -0.526. The second kappa shape index (κ2) is 7.60. The number of hydrogen-bond acceptors (Lipinski definition) is 4. The molecule has 1 aromatic carbocycles. The van der Waals surface area contributed by atoms with Crippen LogP contribution in [0, 0.1) is 0 Å². The first-order valence-electron chi connectivity index (χ1n) is 6.46. The predicted molar refractivity (Wildman–Crippen MR) is 76.6 cm³/mol. The van der Waals surface area contributed by atoms with Crippen LogP contribution in [-0.2, 0) is 14.3 Å². The molecule has 1 aromatic rings. The first-order valence-corrected chi connectivity index (χ1v) is 6.46. The Labute approximate surface area is 119 Å². The number of carbonyl (C=O) groups excluding carboxylic acids is 2. The fraction of sp³-hybridized carbons (Fsp3) is 0.375. The van der Waals surface area contributed by atoms with E-state index in [1.807, 2.05) is 18.2 Å². The van der Waals surface area contributed by atoms with Crippen LogP contribution in [0.5, 0.6) is 0 Å². The number of esters is 1. The molecule has 0 saturated carbocycles. The van der Waals surface area contributed by atoms with Crippen molar-refractivity contribution in [1.82, 2.24) is 0 Å². The van der Waals surface area contributed by atoms with Crippen LogP contribution in [0.3, 0.4) is 0 Å². The normalized spacial score (nSPS) is 10.9. The topological polar surface area (TPSA) is 52.6 Å². The summed E-state index contributed by atoms with van der Waals surface area (Å²) < 4.78 is 10.5. The molecule has 0 aliphatic heterocycles. The van der Waals surface area contributed by atoms with Gasteiger partial charge in [0, 0.05) is 18.1 Å². The summed E-state index contributed by atoms with van der Waals surface area (Å²) in [4.78, 5) is 22.9.